The Hall–Kier alpha value is -1.44. The number of carbonyl (C=O) groups excluding carboxylic acids is 2. The number of rotatable bonds is 6. The number of carbonyl (C=O) groups is 2. The maximum Gasteiger partial charge on any atom is 0.243 e. The first kappa shape index (κ1) is 17.9. The quantitative estimate of drug-likeness (QED) is 0.809. The molecule has 1 aromatic carbocycles. The average Bonchev–Trinajstić information content (AvgIpc) is 2.52. The molecular weight excluding hydrogens is 362 g/mol. The summed E-state index contributed by atoms with van der Waals surface area (Å²) >= 11 is 3.36. The third-order valence-electron chi connectivity index (χ3n) is 3.68. The summed E-state index contributed by atoms with van der Waals surface area (Å²) < 4.78 is 6.20. The van der Waals surface area contributed by atoms with Crippen LogP contribution in [0.2, 0.25) is 0 Å². The van der Waals surface area contributed by atoms with Crippen molar-refractivity contribution in [1.29, 1.82) is 0 Å². The Balaban J connectivity index is 1.83. The summed E-state index contributed by atoms with van der Waals surface area (Å²) in [6, 6.07) is 7.37. The molecular formula is C16H22BrN3O3. The van der Waals surface area contributed by atoms with Gasteiger partial charge in [0.05, 0.1) is 19.8 Å². The molecule has 0 atom stereocenters. The fraction of sp³-hybridized carbons (Fsp3) is 0.500. The van der Waals surface area contributed by atoms with Crippen LogP contribution in [0.5, 0.6) is 0 Å². The van der Waals surface area contributed by atoms with Crippen molar-refractivity contribution in [3.63, 3.8) is 0 Å². The van der Waals surface area contributed by atoms with Crippen LogP contribution in [0.1, 0.15) is 6.92 Å². The Kier molecular flexibility index (Phi) is 7.01. The zero-order chi connectivity index (χ0) is 16.7. The Morgan fingerprint density at radius 2 is 2.09 bits per heavy atom. The highest BCUT2D eigenvalue weighted by atomic mass is 79.9. The molecule has 0 spiro atoms. The van der Waals surface area contributed by atoms with Gasteiger partial charge in [-0.05, 0) is 18.2 Å². The van der Waals surface area contributed by atoms with Crippen molar-refractivity contribution in [3.05, 3.63) is 28.7 Å². The molecule has 0 unspecified atom stereocenters. The molecule has 1 heterocycles. The fourth-order valence-corrected chi connectivity index (χ4v) is 2.77. The van der Waals surface area contributed by atoms with Crippen molar-refractivity contribution in [2.45, 2.75) is 6.92 Å². The summed E-state index contributed by atoms with van der Waals surface area (Å²) in [5.41, 5.74) is 0.709. The van der Waals surface area contributed by atoms with E-state index < -0.39 is 0 Å². The van der Waals surface area contributed by atoms with E-state index in [9.17, 15) is 9.59 Å². The first-order valence-electron chi connectivity index (χ1n) is 7.65. The molecule has 7 heteroatoms. The molecule has 1 N–H and O–H groups in total. The van der Waals surface area contributed by atoms with Gasteiger partial charge in [-0.3, -0.25) is 14.5 Å². The van der Waals surface area contributed by atoms with Crippen LogP contribution in [-0.2, 0) is 14.3 Å². The molecule has 0 bridgehead atoms. The van der Waals surface area contributed by atoms with Crippen LogP contribution >= 0.6 is 15.9 Å². The first-order valence-corrected chi connectivity index (χ1v) is 8.45. The number of anilines is 1. The Morgan fingerprint density at radius 1 is 1.35 bits per heavy atom. The number of ether oxygens (including phenoxy) is 1. The SMILES string of the molecule is CC(=O)N(CCN1CCOCC1)CC(=O)Nc1cccc(Br)c1. The molecule has 2 rings (SSSR count). The number of nitrogens with one attached hydrogen (secondary N) is 1. The summed E-state index contributed by atoms with van der Waals surface area (Å²) in [4.78, 5) is 27.7. The van der Waals surface area contributed by atoms with Crippen LogP contribution in [0, 0.1) is 0 Å². The molecule has 0 saturated carbocycles. The van der Waals surface area contributed by atoms with Crippen molar-refractivity contribution < 1.29 is 14.3 Å². The number of benzene rings is 1. The third kappa shape index (κ3) is 6.29. The van der Waals surface area contributed by atoms with E-state index in [4.69, 9.17) is 4.74 Å². The second-order valence-electron chi connectivity index (χ2n) is 5.45. The monoisotopic (exact) mass is 383 g/mol. The van der Waals surface area contributed by atoms with Crippen LogP contribution in [0.3, 0.4) is 0 Å². The average molecular weight is 384 g/mol. The molecule has 0 aromatic heterocycles. The standard InChI is InChI=1S/C16H22BrN3O3/c1-13(21)20(6-5-19-7-9-23-10-8-19)12-16(22)18-15-4-2-3-14(17)11-15/h2-4,11H,5-10,12H2,1H3,(H,18,22). The van der Waals surface area contributed by atoms with Crippen molar-refractivity contribution in [2.24, 2.45) is 0 Å². The highest BCUT2D eigenvalue weighted by molar-refractivity contribution is 9.10. The molecule has 2 amide bonds. The smallest absolute Gasteiger partial charge is 0.243 e. The zero-order valence-electron chi connectivity index (χ0n) is 13.3. The lowest BCUT2D eigenvalue weighted by atomic mass is 10.3. The Morgan fingerprint density at radius 3 is 2.74 bits per heavy atom. The highest BCUT2D eigenvalue weighted by Crippen LogP contribution is 2.15. The number of hydrogen-bond acceptors (Lipinski definition) is 4. The number of hydrogen-bond donors (Lipinski definition) is 1. The van der Waals surface area contributed by atoms with Crippen molar-refractivity contribution in [3.8, 4) is 0 Å². The molecule has 1 fully saturated rings. The Labute approximate surface area is 144 Å². The van der Waals surface area contributed by atoms with E-state index in [0.29, 0.717) is 12.2 Å². The van der Waals surface area contributed by atoms with Gasteiger partial charge in [0.1, 0.15) is 0 Å². The van der Waals surface area contributed by atoms with E-state index in [0.717, 1.165) is 37.3 Å². The van der Waals surface area contributed by atoms with Crippen molar-refractivity contribution >= 4 is 33.4 Å². The van der Waals surface area contributed by atoms with Gasteiger partial charge in [-0.2, -0.15) is 0 Å². The van der Waals surface area contributed by atoms with Crippen molar-refractivity contribution in [2.75, 3.05) is 51.3 Å². The summed E-state index contributed by atoms with van der Waals surface area (Å²) in [6.07, 6.45) is 0. The van der Waals surface area contributed by atoms with Gasteiger partial charge in [0.15, 0.2) is 0 Å². The summed E-state index contributed by atoms with van der Waals surface area (Å²) in [5, 5.41) is 2.81. The molecule has 1 aliphatic heterocycles. The second-order valence-corrected chi connectivity index (χ2v) is 6.37. The first-order chi connectivity index (χ1) is 11.0. The van der Waals surface area contributed by atoms with Crippen LogP contribution < -0.4 is 5.32 Å². The molecule has 1 aromatic rings. The van der Waals surface area contributed by atoms with Gasteiger partial charge in [-0.25, -0.2) is 0 Å². The van der Waals surface area contributed by atoms with E-state index in [1.165, 1.54) is 6.92 Å². The highest BCUT2D eigenvalue weighted by Gasteiger charge is 2.16. The zero-order valence-corrected chi connectivity index (χ0v) is 14.8. The van der Waals surface area contributed by atoms with Crippen LogP contribution in [-0.4, -0.2) is 67.6 Å². The minimum atomic E-state index is -0.194. The largest absolute Gasteiger partial charge is 0.379 e. The number of halogens is 1. The predicted molar refractivity (Wildman–Crippen MR) is 92.3 cm³/mol. The lowest BCUT2D eigenvalue weighted by molar-refractivity contribution is -0.133. The minimum Gasteiger partial charge on any atom is -0.379 e. The summed E-state index contributed by atoms with van der Waals surface area (Å²) in [5.74, 6) is -0.289. The number of nitrogens with zero attached hydrogens (tertiary/aromatic N) is 2. The maximum atomic E-state index is 12.1. The second kappa shape index (κ2) is 9.00. The summed E-state index contributed by atoms with van der Waals surface area (Å²) in [7, 11) is 0. The van der Waals surface area contributed by atoms with E-state index >= 15 is 0 Å². The van der Waals surface area contributed by atoms with E-state index in [1.807, 2.05) is 24.3 Å². The van der Waals surface area contributed by atoms with Crippen LogP contribution in [0.15, 0.2) is 28.7 Å². The molecule has 0 radical (unpaired) electrons. The third-order valence-corrected chi connectivity index (χ3v) is 4.17. The van der Waals surface area contributed by atoms with E-state index in [1.54, 1.807) is 4.90 Å². The lowest BCUT2D eigenvalue weighted by Crippen LogP contribution is -2.44. The molecule has 23 heavy (non-hydrogen) atoms. The maximum absolute atomic E-state index is 12.1. The van der Waals surface area contributed by atoms with Gasteiger partial charge < -0.3 is 15.0 Å². The molecule has 1 saturated heterocycles. The number of amides is 2. The fourth-order valence-electron chi connectivity index (χ4n) is 2.37. The normalized spacial score (nSPS) is 15.2. The Bertz CT molecular complexity index is 547. The molecule has 0 aliphatic carbocycles. The predicted octanol–water partition coefficient (Wildman–Crippen LogP) is 1.57. The lowest BCUT2D eigenvalue weighted by Gasteiger charge is -2.29. The number of morpholine rings is 1. The molecule has 6 nitrogen and oxygen atoms in total. The van der Waals surface area contributed by atoms with Crippen LogP contribution in [0.25, 0.3) is 0 Å². The van der Waals surface area contributed by atoms with Crippen LogP contribution in [0.4, 0.5) is 5.69 Å². The minimum absolute atomic E-state index is 0.0617. The van der Waals surface area contributed by atoms with Gasteiger partial charge in [0, 0.05) is 43.3 Å². The van der Waals surface area contributed by atoms with Gasteiger partial charge in [-0.15, -0.1) is 0 Å². The van der Waals surface area contributed by atoms with Gasteiger partial charge in [0.2, 0.25) is 11.8 Å². The summed E-state index contributed by atoms with van der Waals surface area (Å²) in [6.45, 7) is 6.05. The van der Waals surface area contributed by atoms with Gasteiger partial charge in [-0.1, -0.05) is 22.0 Å². The van der Waals surface area contributed by atoms with E-state index in [-0.39, 0.29) is 18.4 Å². The topological polar surface area (TPSA) is 61.9 Å². The van der Waals surface area contributed by atoms with Crippen molar-refractivity contribution in [1.82, 2.24) is 9.80 Å². The van der Waals surface area contributed by atoms with Gasteiger partial charge in [0.25, 0.3) is 0 Å². The molecule has 1 aliphatic rings. The van der Waals surface area contributed by atoms with Gasteiger partial charge >= 0.3 is 0 Å². The molecule has 126 valence electrons. The van der Waals surface area contributed by atoms with E-state index in [2.05, 4.69) is 26.1 Å².